The van der Waals surface area contributed by atoms with Crippen molar-refractivity contribution in [2.24, 2.45) is 0 Å². The van der Waals surface area contributed by atoms with Crippen molar-refractivity contribution in [3.05, 3.63) is 212 Å². The summed E-state index contributed by atoms with van der Waals surface area (Å²) in [5.74, 6) is 0. The van der Waals surface area contributed by atoms with Crippen molar-refractivity contribution in [2.75, 3.05) is 4.90 Å². The summed E-state index contributed by atoms with van der Waals surface area (Å²) in [5, 5.41) is 4.79. The topological polar surface area (TPSA) is 16.4 Å². The van der Waals surface area contributed by atoms with Gasteiger partial charge in [0.1, 0.15) is 11.2 Å². The monoisotopic (exact) mass is 745 g/mol. The minimum absolute atomic E-state index is 0.892. The molecule has 0 aliphatic carbocycles. The van der Waals surface area contributed by atoms with Crippen molar-refractivity contribution >= 4 is 70.5 Å². The molecule has 11 rings (SSSR count). The van der Waals surface area contributed by atoms with Gasteiger partial charge in [-0.2, -0.15) is 0 Å². The molecule has 0 unspecified atom stereocenters. The van der Waals surface area contributed by atoms with Crippen LogP contribution in [0, 0.1) is 0 Å². The molecule has 3 heteroatoms. The molecule has 57 heavy (non-hydrogen) atoms. The first-order valence-corrected chi connectivity index (χ1v) is 20.1. The molecule has 0 fully saturated rings. The molecule has 0 aliphatic heterocycles. The SMILES string of the molecule is c1ccc(-c2ccc(N(c3ccc(-c4ccc5oc6c(-c7ccccc7)cccc6c5c4)cc3)c3c(-c4ccccc4)ccc4c3sc3ccccc34)cc2)cc1. The second-order valence-corrected chi connectivity index (χ2v) is 15.5. The first kappa shape index (κ1) is 33.2. The highest BCUT2D eigenvalue weighted by Crippen LogP contribution is 2.50. The third-order valence-electron chi connectivity index (χ3n) is 11.1. The quantitative estimate of drug-likeness (QED) is 0.162. The number of nitrogens with zero attached hydrogens (tertiary/aromatic N) is 1. The molecule has 0 amide bonds. The van der Waals surface area contributed by atoms with Gasteiger partial charge in [0.2, 0.25) is 0 Å². The Morgan fingerprint density at radius 1 is 0.351 bits per heavy atom. The van der Waals surface area contributed by atoms with Crippen molar-refractivity contribution in [3.63, 3.8) is 0 Å². The molecule has 2 nitrogen and oxygen atoms in total. The summed E-state index contributed by atoms with van der Waals surface area (Å²) in [6.45, 7) is 0. The Labute approximate surface area is 335 Å². The normalized spacial score (nSPS) is 11.5. The van der Waals surface area contributed by atoms with Crippen molar-refractivity contribution in [3.8, 4) is 44.5 Å². The number of benzene rings is 9. The van der Waals surface area contributed by atoms with Crippen LogP contribution in [0.1, 0.15) is 0 Å². The number of hydrogen-bond donors (Lipinski definition) is 0. The summed E-state index contributed by atoms with van der Waals surface area (Å²) in [6, 6.07) is 76.3. The van der Waals surface area contributed by atoms with Gasteiger partial charge in [0.15, 0.2) is 0 Å². The van der Waals surface area contributed by atoms with Gasteiger partial charge in [-0.1, -0.05) is 170 Å². The van der Waals surface area contributed by atoms with Crippen molar-refractivity contribution in [2.45, 2.75) is 0 Å². The van der Waals surface area contributed by atoms with Crippen LogP contribution < -0.4 is 4.90 Å². The molecule has 0 saturated carbocycles. The van der Waals surface area contributed by atoms with Gasteiger partial charge in [0, 0.05) is 48.7 Å². The molecular weight excluding hydrogens is 711 g/mol. The van der Waals surface area contributed by atoms with Crippen molar-refractivity contribution in [1.82, 2.24) is 0 Å². The van der Waals surface area contributed by atoms with Crippen LogP contribution in [0.25, 0.3) is 86.6 Å². The lowest BCUT2D eigenvalue weighted by molar-refractivity contribution is 0.670. The maximum absolute atomic E-state index is 6.51. The zero-order chi connectivity index (χ0) is 37.7. The van der Waals surface area contributed by atoms with Gasteiger partial charge in [0.25, 0.3) is 0 Å². The lowest BCUT2D eigenvalue weighted by atomic mass is 9.98. The molecule has 0 radical (unpaired) electrons. The highest BCUT2D eigenvalue weighted by Gasteiger charge is 2.23. The molecule has 0 spiro atoms. The lowest BCUT2D eigenvalue weighted by Gasteiger charge is -2.29. The first-order valence-electron chi connectivity index (χ1n) is 19.3. The first-order chi connectivity index (χ1) is 28.3. The molecule has 2 aromatic heterocycles. The van der Waals surface area contributed by atoms with Crippen LogP contribution in [0.2, 0.25) is 0 Å². The van der Waals surface area contributed by atoms with Gasteiger partial charge in [-0.25, -0.2) is 0 Å². The van der Waals surface area contributed by atoms with Crippen LogP contribution in [0.4, 0.5) is 17.1 Å². The van der Waals surface area contributed by atoms with Crippen LogP contribution >= 0.6 is 11.3 Å². The minimum Gasteiger partial charge on any atom is -0.455 e. The molecular formula is C54H35NOS. The maximum atomic E-state index is 6.51. The molecule has 0 N–H and O–H groups in total. The maximum Gasteiger partial charge on any atom is 0.143 e. The number of hydrogen-bond acceptors (Lipinski definition) is 3. The summed E-state index contributed by atoms with van der Waals surface area (Å²) in [5.41, 5.74) is 14.5. The van der Waals surface area contributed by atoms with Crippen molar-refractivity contribution < 1.29 is 4.42 Å². The summed E-state index contributed by atoms with van der Waals surface area (Å²) < 4.78 is 9.06. The van der Waals surface area contributed by atoms with Crippen LogP contribution in [-0.2, 0) is 0 Å². The second kappa shape index (κ2) is 13.8. The Hall–Kier alpha value is -7.20. The molecule has 11 aromatic rings. The van der Waals surface area contributed by atoms with Gasteiger partial charge < -0.3 is 9.32 Å². The summed E-state index contributed by atoms with van der Waals surface area (Å²) in [6.07, 6.45) is 0. The fourth-order valence-corrected chi connectivity index (χ4v) is 9.55. The number of rotatable bonds is 7. The van der Waals surface area contributed by atoms with E-state index in [9.17, 15) is 0 Å². The highest BCUT2D eigenvalue weighted by atomic mass is 32.1. The van der Waals surface area contributed by atoms with E-state index < -0.39 is 0 Å². The number of furan rings is 1. The molecule has 268 valence electrons. The zero-order valence-corrected chi connectivity index (χ0v) is 31.8. The Balaban J connectivity index is 1.07. The van der Waals surface area contributed by atoms with E-state index in [0.717, 1.165) is 55.6 Å². The van der Waals surface area contributed by atoms with Crippen molar-refractivity contribution in [1.29, 1.82) is 0 Å². The predicted octanol–water partition coefficient (Wildman–Crippen LogP) is 16.1. The van der Waals surface area contributed by atoms with E-state index in [2.05, 4.69) is 211 Å². The highest BCUT2D eigenvalue weighted by molar-refractivity contribution is 7.26. The lowest BCUT2D eigenvalue weighted by Crippen LogP contribution is -2.11. The van der Waals surface area contributed by atoms with E-state index in [-0.39, 0.29) is 0 Å². The van der Waals surface area contributed by atoms with Crippen LogP contribution in [0.15, 0.2) is 217 Å². The fourth-order valence-electron chi connectivity index (χ4n) is 8.31. The standard InChI is InChI=1S/C54H35NOS/c1-4-13-36(14-5-1)37-23-28-42(29-24-37)55(52-44(39-15-6-2-7-16-39)32-33-48-46-19-10-11-22-51(46)57-54(48)52)43-30-25-38(26-31-43)41-27-34-50-49(35-41)47-21-12-20-45(53(47)56-50)40-17-8-3-9-18-40/h1-35H. The zero-order valence-electron chi connectivity index (χ0n) is 31.0. The summed E-state index contributed by atoms with van der Waals surface area (Å²) >= 11 is 1.87. The molecule has 0 saturated heterocycles. The van der Waals surface area contributed by atoms with E-state index in [1.807, 2.05) is 17.4 Å². The molecule has 0 aliphatic rings. The Morgan fingerprint density at radius 2 is 0.895 bits per heavy atom. The smallest absolute Gasteiger partial charge is 0.143 e. The van der Waals surface area contributed by atoms with E-state index in [1.165, 1.54) is 48.1 Å². The van der Waals surface area contributed by atoms with Gasteiger partial charge in [-0.15, -0.1) is 11.3 Å². The fraction of sp³-hybridized carbons (Fsp3) is 0. The molecule has 0 bridgehead atoms. The van der Waals surface area contributed by atoms with Gasteiger partial charge in [-0.05, 0) is 75.8 Å². The van der Waals surface area contributed by atoms with Gasteiger partial charge in [-0.3, -0.25) is 0 Å². The predicted molar refractivity (Wildman–Crippen MR) is 243 cm³/mol. The third-order valence-corrected chi connectivity index (χ3v) is 12.3. The van der Waals surface area contributed by atoms with Gasteiger partial charge >= 0.3 is 0 Å². The van der Waals surface area contributed by atoms with Crippen LogP contribution in [-0.4, -0.2) is 0 Å². The van der Waals surface area contributed by atoms with E-state index in [0.29, 0.717) is 0 Å². The van der Waals surface area contributed by atoms with Crippen LogP contribution in [0.5, 0.6) is 0 Å². The Kier molecular flexibility index (Phi) is 8.04. The van der Waals surface area contributed by atoms with E-state index in [1.54, 1.807) is 0 Å². The summed E-state index contributed by atoms with van der Waals surface area (Å²) in [4.78, 5) is 2.45. The van der Waals surface area contributed by atoms with Gasteiger partial charge in [0.05, 0.1) is 10.4 Å². The average molecular weight is 746 g/mol. The minimum atomic E-state index is 0.892. The molecule has 2 heterocycles. The Bertz CT molecular complexity index is 3200. The molecule has 9 aromatic carbocycles. The number of thiophene rings is 1. The third kappa shape index (κ3) is 5.80. The molecule has 0 atom stereocenters. The number of para-hydroxylation sites is 1. The summed E-state index contributed by atoms with van der Waals surface area (Å²) in [7, 11) is 0. The van der Waals surface area contributed by atoms with E-state index in [4.69, 9.17) is 4.42 Å². The average Bonchev–Trinajstić information content (AvgIpc) is 3.86. The number of anilines is 3. The van der Waals surface area contributed by atoms with E-state index >= 15 is 0 Å². The second-order valence-electron chi connectivity index (χ2n) is 14.5. The Morgan fingerprint density at radius 3 is 1.58 bits per heavy atom. The number of fused-ring (bicyclic) bond motifs is 6. The largest absolute Gasteiger partial charge is 0.455 e. The van der Waals surface area contributed by atoms with Crippen LogP contribution in [0.3, 0.4) is 0 Å².